The maximum Gasteiger partial charge on any atom is 0.410 e. The zero-order chi connectivity index (χ0) is 19.4. The number of ether oxygens (including phenoxy) is 1. The number of cyclic esters (lactones) is 1. The standard InChI is InChI=1S/C22H21N3O3/c26-21-25(13-6-14-28-21)20(17-7-2-1-3-8-17)22(27,18-9-4-11-23-15-18)19-10-5-12-24-16-19/h1-5,7-12,15-16,20,27H,6,13-14H2. The highest BCUT2D eigenvalue weighted by Gasteiger charge is 2.47. The second-order valence-corrected chi connectivity index (χ2v) is 6.72. The molecule has 0 radical (unpaired) electrons. The molecule has 1 N–H and O–H groups in total. The summed E-state index contributed by atoms with van der Waals surface area (Å²) in [5.74, 6) is 0. The van der Waals surface area contributed by atoms with Gasteiger partial charge < -0.3 is 9.84 Å². The molecule has 1 aliphatic rings. The van der Waals surface area contributed by atoms with Crippen LogP contribution in [0.4, 0.5) is 4.79 Å². The van der Waals surface area contributed by atoms with E-state index in [1.54, 1.807) is 41.8 Å². The van der Waals surface area contributed by atoms with Crippen molar-refractivity contribution in [2.24, 2.45) is 0 Å². The Labute approximate surface area is 163 Å². The molecule has 1 fully saturated rings. The fourth-order valence-corrected chi connectivity index (χ4v) is 3.74. The first-order valence-electron chi connectivity index (χ1n) is 9.23. The van der Waals surface area contributed by atoms with E-state index in [4.69, 9.17) is 4.74 Å². The Morgan fingerprint density at radius 2 is 1.61 bits per heavy atom. The Kier molecular flexibility index (Phi) is 5.04. The maximum atomic E-state index is 12.7. The number of carbonyl (C=O) groups excluding carboxylic acids is 1. The van der Waals surface area contributed by atoms with Crippen LogP contribution in [0.25, 0.3) is 0 Å². The lowest BCUT2D eigenvalue weighted by Gasteiger charge is -2.44. The lowest BCUT2D eigenvalue weighted by molar-refractivity contribution is -0.0361. The van der Waals surface area contributed by atoms with E-state index in [0.717, 1.165) is 5.56 Å². The van der Waals surface area contributed by atoms with Gasteiger partial charge in [0.2, 0.25) is 0 Å². The second kappa shape index (κ2) is 7.78. The van der Waals surface area contributed by atoms with Crippen molar-refractivity contribution in [1.29, 1.82) is 0 Å². The summed E-state index contributed by atoms with van der Waals surface area (Å²) in [6, 6.07) is 16.0. The topological polar surface area (TPSA) is 75.5 Å². The number of aromatic nitrogens is 2. The first-order valence-corrected chi connectivity index (χ1v) is 9.23. The van der Waals surface area contributed by atoms with E-state index in [1.807, 2.05) is 42.5 Å². The van der Waals surface area contributed by atoms with E-state index in [0.29, 0.717) is 30.7 Å². The smallest absolute Gasteiger partial charge is 0.410 e. The summed E-state index contributed by atoms with van der Waals surface area (Å²) in [5, 5.41) is 12.2. The molecule has 0 bridgehead atoms. The average molecular weight is 375 g/mol. The third-order valence-electron chi connectivity index (χ3n) is 5.03. The quantitative estimate of drug-likeness (QED) is 0.741. The van der Waals surface area contributed by atoms with Crippen LogP contribution in [0, 0.1) is 0 Å². The lowest BCUT2D eigenvalue weighted by Crippen LogP contribution is -2.50. The van der Waals surface area contributed by atoms with Crippen molar-refractivity contribution in [3.63, 3.8) is 0 Å². The van der Waals surface area contributed by atoms with Crippen LogP contribution in [-0.4, -0.2) is 39.2 Å². The van der Waals surface area contributed by atoms with Crippen molar-refractivity contribution < 1.29 is 14.6 Å². The van der Waals surface area contributed by atoms with Crippen LogP contribution in [0.5, 0.6) is 0 Å². The van der Waals surface area contributed by atoms with Gasteiger partial charge in [0, 0.05) is 42.5 Å². The van der Waals surface area contributed by atoms with Gasteiger partial charge in [0.15, 0.2) is 0 Å². The zero-order valence-electron chi connectivity index (χ0n) is 15.3. The van der Waals surface area contributed by atoms with Crippen LogP contribution >= 0.6 is 0 Å². The molecule has 28 heavy (non-hydrogen) atoms. The number of benzene rings is 1. The number of hydrogen-bond acceptors (Lipinski definition) is 5. The Morgan fingerprint density at radius 3 is 2.14 bits per heavy atom. The van der Waals surface area contributed by atoms with Gasteiger partial charge in [-0.05, 0) is 24.1 Å². The summed E-state index contributed by atoms with van der Waals surface area (Å²) >= 11 is 0. The molecule has 0 saturated carbocycles. The molecule has 1 unspecified atom stereocenters. The summed E-state index contributed by atoms with van der Waals surface area (Å²) < 4.78 is 5.30. The van der Waals surface area contributed by atoms with Crippen LogP contribution in [0.15, 0.2) is 79.4 Å². The van der Waals surface area contributed by atoms with Crippen molar-refractivity contribution >= 4 is 6.09 Å². The largest absolute Gasteiger partial charge is 0.449 e. The lowest BCUT2D eigenvalue weighted by atomic mass is 9.77. The number of amides is 1. The normalized spacial score (nSPS) is 15.8. The molecule has 0 spiro atoms. The summed E-state index contributed by atoms with van der Waals surface area (Å²) in [6.07, 6.45) is 6.81. The van der Waals surface area contributed by atoms with Gasteiger partial charge in [-0.3, -0.25) is 14.9 Å². The van der Waals surface area contributed by atoms with Crippen LogP contribution in [0.2, 0.25) is 0 Å². The molecular weight excluding hydrogens is 354 g/mol. The van der Waals surface area contributed by atoms with E-state index in [-0.39, 0.29) is 0 Å². The highest BCUT2D eigenvalue weighted by Crippen LogP contribution is 2.44. The van der Waals surface area contributed by atoms with Gasteiger partial charge in [-0.2, -0.15) is 0 Å². The van der Waals surface area contributed by atoms with Crippen LogP contribution in [0.1, 0.15) is 29.2 Å². The van der Waals surface area contributed by atoms with Gasteiger partial charge in [0.1, 0.15) is 5.60 Å². The number of nitrogens with zero attached hydrogens (tertiary/aromatic N) is 3. The maximum absolute atomic E-state index is 12.7. The number of pyridine rings is 2. The summed E-state index contributed by atoms with van der Waals surface area (Å²) in [7, 11) is 0. The molecule has 0 aliphatic carbocycles. The minimum atomic E-state index is -1.56. The minimum Gasteiger partial charge on any atom is -0.449 e. The fraction of sp³-hybridized carbons (Fsp3) is 0.227. The van der Waals surface area contributed by atoms with E-state index in [9.17, 15) is 9.90 Å². The Bertz CT molecular complexity index is 880. The van der Waals surface area contributed by atoms with Crippen molar-refractivity contribution in [2.75, 3.05) is 13.2 Å². The summed E-state index contributed by atoms with van der Waals surface area (Å²) in [5.41, 5.74) is 0.405. The highest BCUT2D eigenvalue weighted by atomic mass is 16.6. The molecule has 142 valence electrons. The monoisotopic (exact) mass is 375 g/mol. The van der Waals surface area contributed by atoms with Crippen molar-refractivity contribution in [2.45, 2.75) is 18.1 Å². The number of rotatable bonds is 5. The van der Waals surface area contributed by atoms with Gasteiger partial charge in [-0.15, -0.1) is 0 Å². The van der Waals surface area contributed by atoms with Crippen LogP contribution < -0.4 is 0 Å². The Balaban J connectivity index is 1.95. The third-order valence-corrected chi connectivity index (χ3v) is 5.03. The van der Waals surface area contributed by atoms with Gasteiger partial charge in [0.05, 0.1) is 12.6 Å². The van der Waals surface area contributed by atoms with Crippen LogP contribution in [0.3, 0.4) is 0 Å². The molecule has 1 aromatic carbocycles. The number of carbonyl (C=O) groups is 1. The first kappa shape index (κ1) is 18.1. The molecule has 1 atom stereocenters. The molecule has 6 nitrogen and oxygen atoms in total. The van der Waals surface area contributed by atoms with Gasteiger partial charge in [0.25, 0.3) is 0 Å². The van der Waals surface area contributed by atoms with Crippen molar-refractivity contribution in [3.8, 4) is 0 Å². The third kappa shape index (κ3) is 3.23. The van der Waals surface area contributed by atoms with Gasteiger partial charge in [-0.1, -0.05) is 42.5 Å². The van der Waals surface area contributed by atoms with Gasteiger partial charge >= 0.3 is 6.09 Å². The average Bonchev–Trinajstić information content (AvgIpc) is 2.77. The van der Waals surface area contributed by atoms with Crippen LogP contribution in [-0.2, 0) is 10.3 Å². The van der Waals surface area contributed by atoms with E-state index in [2.05, 4.69) is 9.97 Å². The molecule has 6 heteroatoms. The molecule has 2 aromatic heterocycles. The molecule has 1 aliphatic heterocycles. The first-order chi connectivity index (χ1) is 13.7. The predicted molar refractivity (Wildman–Crippen MR) is 103 cm³/mol. The second-order valence-electron chi connectivity index (χ2n) is 6.72. The fourth-order valence-electron chi connectivity index (χ4n) is 3.74. The van der Waals surface area contributed by atoms with E-state index in [1.165, 1.54) is 0 Å². The zero-order valence-corrected chi connectivity index (χ0v) is 15.3. The number of aliphatic hydroxyl groups is 1. The van der Waals surface area contributed by atoms with E-state index >= 15 is 0 Å². The molecule has 1 amide bonds. The summed E-state index contributed by atoms with van der Waals surface area (Å²) in [4.78, 5) is 22.7. The molecule has 3 heterocycles. The SMILES string of the molecule is O=C1OCCCN1C(c1ccccc1)C(O)(c1cccnc1)c1cccnc1. The Hall–Kier alpha value is -3.25. The van der Waals surface area contributed by atoms with Crippen molar-refractivity contribution in [1.82, 2.24) is 14.9 Å². The minimum absolute atomic E-state index is 0.384. The highest BCUT2D eigenvalue weighted by molar-refractivity contribution is 5.69. The molecule has 4 rings (SSSR count). The molecular formula is C22H21N3O3. The van der Waals surface area contributed by atoms with Crippen molar-refractivity contribution in [3.05, 3.63) is 96.1 Å². The van der Waals surface area contributed by atoms with Gasteiger partial charge in [-0.25, -0.2) is 4.79 Å². The summed E-state index contributed by atoms with van der Waals surface area (Å²) in [6.45, 7) is 0.871. The molecule has 1 saturated heterocycles. The predicted octanol–water partition coefficient (Wildman–Crippen LogP) is 3.30. The Morgan fingerprint density at radius 1 is 0.964 bits per heavy atom. The van der Waals surface area contributed by atoms with E-state index < -0.39 is 17.7 Å². The number of hydrogen-bond donors (Lipinski definition) is 1. The molecule has 3 aromatic rings.